The van der Waals surface area contributed by atoms with E-state index in [1.54, 1.807) is 0 Å². The number of likely N-dealkylation sites (tertiary alicyclic amines) is 1. The molecule has 1 aliphatic carbocycles. The highest BCUT2D eigenvalue weighted by Gasteiger charge is 2.32. The SMILES string of the molecule is CCNC(=NCC(C)(C)N1CC(C)CC(C)C1)NC1CC1. The first-order valence-electron chi connectivity index (χ1n) is 8.70. The van der Waals surface area contributed by atoms with Crippen molar-refractivity contribution < 1.29 is 0 Å². The van der Waals surface area contributed by atoms with Gasteiger partial charge in [-0.15, -0.1) is 0 Å². The summed E-state index contributed by atoms with van der Waals surface area (Å²) in [6.45, 7) is 15.7. The van der Waals surface area contributed by atoms with Crippen LogP contribution in [0, 0.1) is 11.8 Å². The summed E-state index contributed by atoms with van der Waals surface area (Å²) in [6.07, 6.45) is 3.94. The van der Waals surface area contributed by atoms with Crippen molar-refractivity contribution in [2.75, 3.05) is 26.2 Å². The van der Waals surface area contributed by atoms with E-state index in [-0.39, 0.29) is 5.54 Å². The summed E-state index contributed by atoms with van der Waals surface area (Å²) in [6, 6.07) is 0.654. The van der Waals surface area contributed by atoms with Crippen LogP contribution >= 0.6 is 0 Å². The van der Waals surface area contributed by atoms with Gasteiger partial charge in [-0.1, -0.05) is 13.8 Å². The predicted octanol–water partition coefficient (Wildman–Crippen LogP) is 2.46. The van der Waals surface area contributed by atoms with Crippen LogP contribution in [0.3, 0.4) is 0 Å². The van der Waals surface area contributed by atoms with Crippen LogP contribution in [0.5, 0.6) is 0 Å². The van der Waals surface area contributed by atoms with Crippen molar-refractivity contribution in [1.29, 1.82) is 0 Å². The summed E-state index contributed by atoms with van der Waals surface area (Å²) in [5, 5.41) is 6.87. The Kier molecular flexibility index (Phi) is 5.53. The number of nitrogens with zero attached hydrogens (tertiary/aromatic N) is 2. The molecule has 1 saturated carbocycles. The molecule has 0 spiro atoms. The van der Waals surface area contributed by atoms with Gasteiger partial charge >= 0.3 is 0 Å². The fraction of sp³-hybridized carbons (Fsp3) is 0.941. The minimum Gasteiger partial charge on any atom is -0.357 e. The molecule has 2 atom stereocenters. The molecule has 1 saturated heterocycles. The first-order valence-corrected chi connectivity index (χ1v) is 8.70. The van der Waals surface area contributed by atoms with Crippen molar-refractivity contribution >= 4 is 5.96 Å². The number of nitrogens with one attached hydrogen (secondary N) is 2. The molecule has 2 aliphatic rings. The van der Waals surface area contributed by atoms with Gasteiger partial charge in [0.25, 0.3) is 0 Å². The average Bonchev–Trinajstić information content (AvgIpc) is 3.19. The summed E-state index contributed by atoms with van der Waals surface area (Å²) in [4.78, 5) is 7.48. The lowest BCUT2D eigenvalue weighted by Gasteiger charge is -2.44. The zero-order valence-electron chi connectivity index (χ0n) is 14.6. The molecule has 1 aliphatic heterocycles. The molecule has 0 bridgehead atoms. The van der Waals surface area contributed by atoms with Crippen molar-refractivity contribution in [3.05, 3.63) is 0 Å². The molecule has 4 heteroatoms. The van der Waals surface area contributed by atoms with E-state index in [9.17, 15) is 0 Å². The van der Waals surface area contributed by atoms with E-state index in [1.165, 1.54) is 32.4 Å². The Morgan fingerprint density at radius 2 is 1.81 bits per heavy atom. The number of rotatable bonds is 5. The third-order valence-corrected chi connectivity index (χ3v) is 4.61. The van der Waals surface area contributed by atoms with Crippen LogP contribution in [0.25, 0.3) is 0 Å². The molecule has 2 N–H and O–H groups in total. The van der Waals surface area contributed by atoms with Crippen LogP contribution in [0.15, 0.2) is 4.99 Å². The Labute approximate surface area is 130 Å². The lowest BCUT2D eigenvalue weighted by atomic mass is 9.88. The highest BCUT2D eigenvalue weighted by Crippen LogP contribution is 2.27. The Balaban J connectivity index is 1.93. The van der Waals surface area contributed by atoms with Crippen LogP contribution in [-0.4, -0.2) is 48.6 Å². The van der Waals surface area contributed by atoms with Crippen LogP contribution in [0.2, 0.25) is 0 Å². The van der Waals surface area contributed by atoms with Gasteiger partial charge in [-0.25, -0.2) is 0 Å². The number of aliphatic imine (C=N–C) groups is 1. The van der Waals surface area contributed by atoms with E-state index >= 15 is 0 Å². The van der Waals surface area contributed by atoms with Crippen molar-refractivity contribution in [3.63, 3.8) is 0 Å². The maximum atomic E-state index is 4.84. The van der Waals surface area contributed by atoms with Gasteiger partial charge in [0.15, 0.2) is 5.96 Å². The molecule has 4 nitrogen and oxygen atoms in total. The van der Waals surface area contributed by atoms with Gasteiger partial charge in [0.1, 0.15) is 0 Å². The van der Waals surface area contributed by atoms with E-state index < -0.39 is 0 Å². The second-order valence-electron chi connectivity index (χ2n) is 7.78. The first kappa shape index (κ1) is 16.6. The largest absolute Gasteiger partial charge is 0.357 e. The highest BCUT2D eigenvalue weighted by molar-refractivity contribution is 5.80. The van der Waals surface area contributed by atoms with Gasteiger partial charge in [-0.3, -0.25) is 9.89 Å². The molecule has 21 heavy (non-hydrogen) atoms. The van der Waals surface area contributed by atoms with Gasteiger partial charge in [0, 0.05) is 31.2 Å². The quantitative estimate of drug-likeness (QED) is 0.604. The molecular weight excluding hydrogens is 260 g/mol. The smallest absolute Gasteiger partial charge is 0.191 e. The second kappa shape index (κ2) is 6.99. The van der Waals surface area contributed by atoms with E-state index in [1.807, 2.05) is 0 Å². The molecule has 0 radical (unpaired) electrons. The molecule has 2 unspecified atom stereocenters. The zero-order valence-corrected chi connectivity index (χ0v) is 14.6. The molecule has 0 aromatic heterocycles. The third-order valence-electron chi connectivity index (χ3n) is 4.61. The average molecular weight is 294 g/mol. The van der Waals surface area contributed by atoms with E-state index in [2.05, 4.69) is 50.2 Å². The Morgan fingerprint density at radius 1 is 1.19 bits per heavy atom. The molecular formula is C17H34N4. The minimum absolute atomic E-state index is 0.134. The molecule has 1 heterocycles. The number of guanidine groups is 1. The van der Waals surface area contributed by atoms with Crippen LogP contribution < -0.4 is 10.6 Å². The van der Waals surface area contributed by atoms with Gasteiger partial charge < -0.3 is 10.6 Å². The first-order chi connectivity index (χ1) is 9.90. The van der Waals surface area contributed by atoms with E-state index in [4.69, 9.17) is 4.99 Å². The van der Waals surface area contributed by atoms with Gasteiger partial charge in [-0.05, 0) is 51.9 Å². The van der Waals surface area contributed by atoms with Crippen LogP contribution in [0.1, 0.15) is 53.9 Å². The Bertz CT molecular complexity index is 350. The third kappa shape index (κ3) is 5.17. The maximum absolute atomic E-state index is 4.84. The summed E-state index contributed by atoms with van der Waals surface area (Å²) in [5.74, 6) is 2.59. The van der Waals surface area contributed by atoms with Gasteiger partial charge in [0.05, 0.1) is 6.54 Å². The van der Waals surface area contributed by atoms with E-state index in [0.29, 0.717) is 6.04 Å². The fourth-order valence-corrected chi connectivity index (χ4v) is 3.27. The molecule has 0 aromatic carbocycles. The molecule has 0 amide bonds. The summed E-state index contributed by atoms with van der Waals surface area (Å²) in [5.41, 5.74) is 0.134. The van der Waals surface area contributed by atoms with Crippen LogP contribution in [0.4, 0.5) is 0 Å². The maximum Gasteiger partial charge on any atom is 0.191 e. The summed E-state index contributed by atoms with van der Waals surface area (Å²) in [7, 11) is 0. The fourth-order valence-electron chi connectivity index (χ4n) is 3.27. The van der Waals surface area contributed by atoms with Crippen molar-refractivity contribution in [2.45, 2.75) is 65.5 Å². The van der Waals surface area contributed by atoms with Gasteiger partial charge in [0.2, 0.25) is 0 Å². The predicted molar refractivity (Wildman–Crippen MR) is 90.7 cm³/mol. The number of hydrogen-bond acceptors (Lipinski definition) is 2. The van der Waals surface area contributed by atoms with Crippen molar-refractivity contribution in [1.82, 2.24) is 15.5 Å². The standard InChI is InChI=1S/C17H34N4/c1-6-18-16(20-15-7-8-15)19-12-17(4,5)21-10-13(2)9-14(3)11-21/h13-15H,6-12H2,1-5H3,(H2,18,19,20). The topological polar surface area (TPSA) is 39.7 Å². The normalized spacial score (nSPS) is 28.5. The highest BCUT2D eigenvalue weighted by atomic mass is 15.2. The lowest BCUT2D eigenvalue weighted by molar-refractivity contribution is 0.0512. The van der Waals surface area contributed by atoms with Crippen LogP contribution in [-0.2, 0) is 0 Å². The van der Waals surface area contributed by atoms with Crippen molar-refractivity contribution in [2.24, 2.45) is 16.8 Å². The van der Waals surface area contributed by atoms with Crippen molar-refractivity contribution in [3.8, 4) is 0 Å². The molecule has 2 fully saturated rings. The summed E-state index contributed by atoms with van der Waals surface area (Å²) >= 11 is 0. The molecule has 2 rings (SSSR count). The zero-order chi connectivity index (χ0) is 15.5. The van der Waals surface area contributed by atoms with Gasteiger partial charge in [-0.2, -0.15) is 0 Å². The number of hydrogen-bond donors (Lipinski definition) is 2. The number of piperidine rings is 1. The Hall–Kier alpha value is -0.770. The molecule has 122 valence electrons. The minimum atomic E-state index is 0.134. The summed E-state index contributed by atoms with van der Waals surface area (Å²) < 4.78 is 0. The second-order valence-corrected chi connectivity index (χ2v) is 7.78. The Morgan fingerprint density at radius 3 is 2.33 bits per heavy atom. The lowest BCUT2D eigenvalue weighted by Crippen LogP contribution is -2.53. The monoisotopic (exact) mass is 294 g/mol. The molecule has 0 aromatic rings. The van der Waals surface area contributed by atoms with E-state index in [0.717, 1.165) is 30.9 Å².